The molecule has 0 aromatic rings. The van der Waals surface area contributed by atoms with Gasteiger partial charge in [-0.25, -0.2) is 0 Å². The third-order valence-electron chi connectivity index (χ3n) is 10.5. The van der Waals surface area contributed by atoms with Crippen LogP contribution in [0.4, 0.5) is 0 Å². The zero-order valence-corrected chi connectivity index (χ0v) is 56.5. The number of unbranched alkanes of at least 4 members (excludes halogenated alkanes) is 11. The number of hydrogen-bond donors (Lipinski definition) is 0. The van der Waals surface area contributed by atoms with Gasteiger partial charge >= 0.3 is 178 Å². The molecule has 448 valence electrons. The maximum absolute atomic E-state index is 12.8. The number of ether oxygens (including phenoxy) is 10. The molecule has 0 aromatic carbocycles. The Balaban J connectivity index is -0.00000507. The van der Waals surface area contributed by atoms with E-state index in [9.17, 15) is 87.5 Å². The Morgan fingerprint density at radius 1 is 0.253 bits per heavy atom. The second-order valence-corrected chi connectivity index (χ2v) is 17.5. The SMILES string of the molecule is CCCCCCCCCCCCCCOC(=O)CCC(=O)OC(COC(=O)CCC(=O)OC(COC(=O)CCC(=O)[O-])COC(=O)CCC(=O)[O-])COC(=O)CCC(=O)OC(COC(=O)CCC(=O)[O-])COC(=O)CCC(=O)[O-].[Na+].[Na+].[Na+].[Na+]. The van der Waals surface area contributed by atoms with Crippen LogP contribution in [-0.2, 0) is 114 Å². The Morgan fingerprint density at radius 2 is 0.434 bits per heavy atom. The van der Waals surface area contributed by atoms with E-state index in [1.54, 1.807) is 0 Å². The van der Waals surface area contributed by atoms with E-state index < -0.39 is 231 Å². The fraction of sp³-hybridized carbons (Fsp3) is 0.725. The Morgan fingerprint density at radius 3 is 0.651 bits per heavy atom. The van der Waals surface area contributed by atoms with Crippen LogP contribution in [0.2, 0.25) is 0 Å². The van der Waals surface area contributed by atoms with Gasteiger partial charge in [-0.2, -0.15) is 0 Å². The summed E-state index contributed by atoms with van der Waals surface area (Å²) in [6, 6.07) is 0. The van der Waals surface area contributed by atoms with Crippen molar-refractivity contribution >= 4 is 83.6 Å². The Kier molecular flexibility index (Phi) is 61.4. The van der Waals surface area contributed by atoms with Crippen LogP contribution in [0, 0.1) is 0 Å². The summed E-state index contributed by atoms with van der Waals surface area (Å²) in [5.41, 5.74) is 0. The van der Waals surface area contributed by atoms with Crippen molar-refractivity contribution in [3.63, 3.8) is 0 Å². The van der Waals surface area contributed by atoms with Crippen molar-refractivity contribution in [2.24, 2.45) is 0 Å². The first-order valence-electron chi connectivity index (χ1n) is 26.0. The van der Waals surface area contributed by atoms with Crippen LogP contribution in [0.25, 0.3) is 0 Å². The molecule has 0 saturated heterocycles. The molecule has 0 spiro atoms. The van der Waals surface area contributed by atoms with Crippen LogP contribution < -0.4 is 139 Å². The fourth-order valence-electron chi connectivity index (χ4n) is 6.26. The quantitative estimate of drug-likeness (QED) is 0.0236. The molecule has 0 N–H and O–H groups in total. The van der Waals surface area contributed by atoms with Gasteiger partial charge in [0.05, 0.1) is 70.8 Å². The Bertz CT molecular complexity index is 1800. The minimum absolute atomic E-state index is 0. The zero-order valence-electron chi connectivity index (χ0n) is 48.5. The van der Waals surface area contributed by atoms with Gasteiger partial charge in [0.1, 0.15) is 39.6 Å². The first-order valence-corrected chi connectivity index (χ1v) is 26.0. The fourth-order valence-corrected chi connectivity index (χ4v) is 6.26. The summed E-state index contributed by atoms with van der Waals surface area (Å²) >= 11 is 0. The van der Waals surface area contributed by atoms with Gasteiger partial charge in [0.15, 0.2) is 18.3 Å². The van der Waals surface area contributed by atoms with Crippen molar-refractivity contribution in [1.82, 2.24) is 0 Å². The predicted molar refractivity (Wildman–Crippen MR) is 252 cm³/mol. The standard InChI is InChI=1S/C51H76O28.4Na/c1-2-3-4-5-6-7-8-9-10-11-12-13-28-70-42(60)22-25-49(67)77-37(33-75-47(65)23-26-50(68)78-35(29-71-43(61)18-14-38(52)53)30-72-44(62)19-15-39(54)55)34-76-48(66)24-27-51(69)79-36(31-73-45(63)20-16-40(56)57)32-74-46(64)21-17-41(58)59;;;;/h35-37H,2-34H2,1H3,(H,52,53)(H,54,55)(H,56,57)(H,58,59);;;;/q;4*+1/p-4. The molecule has 0 bridgehead atoms. The second-order valence-electron chi connectivity index (χ2n) is 17.5. The van der Waals surface area contributed by atoms with Gasteiger partial charge in [-0.3, -0.25) is 47.9 Å². The van der Waals surface area contributed by atoms with Gasteiger partial charge in [-0.05, 0) is 32.1 Å². The molecular formula is C51H72Na4O28. The van der Waals surface area contributed by atoms with Crippen molar-refractivity contribution in [2.45, 2.75) is 192 Å². The summed E-state index contributed by atoms with van der Waals surface area (Å²) in [5.74, 6) is -16.7. The number of aliphatic carboxylic acids is 4. The number of carbonyl (C=O) groups excluding carboxylic acids is 14. The number of carbonyl (C=O) groups is 14. The summed E-state index contributed by atoms with van der Waals surface area (Å²) in [6.07, 6.45) is -0.498. The van der Waals surface area contributed by atoms with E-state index in [-0.39, 0.29) is 125 Å². The van der Waals surface area contributed by atoms with Crippen LogP contribution >= 0.6 is 0 Å². The molecule has 0 unspecified atom stereocenters. The van der Waals surface area contributed by atoms with E-state index in [4.69, 9.17) is 47.4 Å². The molecule has 0 rings (SSSR count). The number of carboxylic acid groups (broad SMARTS) is 4. The van der Waals surface area contributed by atoms with Crippen molar-refractivity contribution in [3.05, 3.63) is 0 Å². The minimum Gasteiger partial charge on any atom is -0.550 e. The van der Waals surface area contributed by atoms with E-state index in [1.165, 1.54) is 44.9 Å². The molecule has 32 heteroatoms. The smallest absolute Gasteiger partial charge is 0.550 e. The van der Waals surface area contributed by atoms with Gasteiger partial charge in [0.2, 0.25) is 0 Å². The van der Waals surface area contributed by atoms with Gasteiger partial charge < -0.3 is 87.0 Å². The Hall–Kier alpha value is -3.42. The summed E-state index contributed by atoms with van der Waals surface area (Å²) in [7, 11) is 0. The molecule has 28 nitrogen and oxygen atoms in total. The van der Waals surface area contributed by atoms with Gasteiger partial charge in [-0.15, -0.1) is 0 Å². The number of carboxylic acids is 4. The van der Waals surface area contributed by atoms with Crippen LogP contribution in [0.15, 0.2) is 0 Å². The number of hydrogen-bond acceptors (Lipinski definition) is 28. The molecule has 0 heterocycles. The van der Waals surface area contributed by atoms with Crippen LogP contribution in [-0.4, -0.2) is 148 Å². The summed E-state index contributed by atoms with van der Waals surface area (Å²) in [5, 5.41) is 42.7. The van der Waals surface area contributed by atoms with Crippen molar-refractivity contribution < 1.29 is 253 Å². The van der Waals surface area contributed by atoms with Crippen LogP contribution in [0.3, 0.4) is 0 Å². The van der Waals surface area contributed by atoms with Gasteiger partial charge in [0, 0.05) is 23.9 Å². The van der Waals surface area contributed by atoms with Gasteiger partial charge in [0.25, 0.3) is 0 Å². The molecule has 0 amide bonds. The maximum atomic E-state index is 12.8. The number of esters is 10. The molecular weight excluding hydrogens is 1150 g/mol. The largest absolute Gasteiger partial charge is 1.00 e. The molecule has 0 aliphatic heterocycles. The van der Waals surface area contributed by atoms with Crippen LogP contribution in [0.5, 0.6) is 0 Å². The van der Waals surface area contributed by atoms with E-state index in [2.05, 4.69) is 6.92 Å². The normalized spacial score (nSPS) is 10.2. The molecule has 0 saturated carbocycles. The number of rotatable bonds is 49. The average molecular weight is 1230 g/mol. The summed E-state index contributed by atoms with van der Waals surface area (Å²) < 4.78 is 50.4. The monoisotopic (exact) mass is 1220 g/mol. The molecule has 0 aromatic heterocycles. The second kappa shape index (κ2) is 57.6. The summed E-state index contributed by atoms with van der Waals surface area (Å²) in [4.78, 5) is 166. The topological polar surface area (TPSA) is 424 Å². The van der Waals surface area contributed by atoms with E-state index in [1.807, 2.05) is 0 Å². The molecule has 83 heavy (non-hydrogen) atoms. The minimum atomic E-state index is -1.56. The maximum Gasteiger partial charge on any atom is 1.00 e. The third-order valence-corrected chi connectivity index (χ3v) is 10.5. The molecule has 0 radical (unpaired) electrons. The third kappa shape index (κ3) is 58.7. The molecule has 0 atom stereocenters. The molecule has 0 fully saturated rings. The van der Waals surface area contributed by atoms with Crippen LogP contribution in [0.1, 0.15) is 174 Å². The van der Waals surface area contributed by atoms with Crippen molar-refractivity contribution in [1.29, 1.82) is 0 Å². The average Bonchev–Trinajstić information content (AvgIpc) is 3.39. The predicted octanol–water partition coefficient (Wildman–Crippen LogP) is -13.3. The van der Waals surface area contributed by atoms with Crippen molar-refractivity contribution in [3.8, 4) is 0 Å². The van der Waals surface area contributed by atoms with E-state index in [0.717, 1.165) is 25.7 Å². The molecule has 0 aliphatic carbocycles. The Labute approximate surface area is 569 Å². The summed E-state index contributed by atoms with van der Waals surface area (Å²) in [6.45, 7) is -2.37. The van der Waals surface area contributed by atoms with Gasteiger partial charge in [-0.1, -0.05) is 77.6 Å². The van der Waals surface area contributed by atoms with Crippen molar-refractivity contribution in [2.75, 3.05) is 46.2 Å². The van der Waals surface area contributed by atoms with E-state index >= 15 is 0 Å². The zero-order chi connectivity index (χ0) is 59.2. The first kappa shape index (κ1) is 88.3. The molecule has 0 aliphatic rings. The first-order chi connectivity index (χ1) is 37.6. The van der Waals surface area contributed by atoms with E-state index in [0.29, 0.717) is 6.42 Å².